The first-order valence-electron chi connectivity index (χ1n) is 6.77. The minimum absolute atomic E-state index is 0.266. The van der Waals surface area contributed by atoms with Crippen LogP contribution in [-0.4, -0.2) is 54.7 Å². The molecule has 19 heavy (non-hydrogen) atoms. The monoisotopic (exact) mass is 265 g/mol. The molecule has 0 amide bonds. The third-order valence-corrected chi connectivity index (χ3v) is 3.58. The van der Waals surface area contributed by atoms with Gasteiger partial charge in [-0.1, -0.05) is 6.92 Å². The fourth-order valence-corrected chi connectivity index (χ4v) is 2.58. The fraction of sp³-hybridized carbons (Fsp3) is 0.692. The molecule has 1 aliphatic heterocycles. The van der Waals surface area contributed by atoms with Crippen molar-refractivity contribution in [3.8, 4) is 5.88 Å². The third-order valence-electron chi connectivity index (χ3n) is 3.58. The van der Waals surface area contributed by atoms with E-state index in [1.54, 1.807) is 7.11 Å². The van der Waals surface area contributed by atoms with E-state index < -0.39 is 0 Å². The van der Waals surface area contributed by atoms with Gasteiger partial charge in [0.2, 0.25) is 11.8 Å². The summed E-state index contributed by atoms with van der Waals surface area (Å²) in [5, 5.41) is 0. The van der Waals surface area contributed by atoms with E-state index in [1.165, 1.54) is 0 Å². The highest BCUT2D eigenvalue weighted by Crippen LogP contribution is 2.23. The average Bonchev–Trinajstić information content (AvgIpc) is 2.59. The first-order valence-corrected chi connectivity index (χ1v) is 6.77. The second-order valence-electron chi connectivity index (χ2n) is 5.00. The van der Waals surface area contributed by atoms with Crippen LogP contribution in [-0.2, 0) is 0 Å². The summed E-state index contributed by atoms with van der Waals surface area (Å²) in [6, 6.07) is 2.32. The van der Waals surface area contributed by atoms with Gasteiger partial charge in [-0.3, -0.25) is 0 Å². The Morgan fingerprint density at radius 1 is 1.42 bits per heavy atom. The lowest BCUT2D eigenvalue weighted by Crippen LogP contribution is -2.40. The summed E-state index contributed by atoms with van der Waals surface area (Å²) in [5.41, 5.74) is 5.76. The molecule has 6 heteroatoms. The summed E-state index contributed by atoms with van der Waals surface area (Å²) in [6.07, 6.45) is 2.20. The van der Waals surface area contributed by atoms with Gasteiger partial charge in [-0.05, 0) is 26.4 Å². The van der Waals surface area contributed by atoms with E-state index in [9.17, 15) is 0 Å². The van der Waals surface area contributed by atoms with Gasteiger partial charge in [0.1, 0.15) is 5.82 Å². The van der Waals surface area contributed by atoms with Crippen molar-refractivity contribution >= 4 is 11.8 Å². The van der Waals surface area contributed by atoms with E-state index in [0.717, 1.165) is 38.3 Å². The van der Waals surface area contributed by atoms with Crippen LogP contribution >= 0.6 is 0 Å². The third kappa shape index (κ3) is 3.26. The number of hydrogen-bond acceptors (Lipinski definition) is 6. The normalized spacial score (nSPS) is 21.2. The number of ether oxygens (including phenoxy) is 1. The number of nitrogens with zero attached hydrogens (tertiary/aromatic N) is 4. The number of methoxy groups -OCH3 is 1. The molecule has 0 aliphatic carbocycles. The molecule has 2 N–H and O–H groups in total. The maximum Gasteiger partial charge on any atom is 0.225 e. The molecule has 0 saturated carbocycles. The van der Waals surface area contributed by atoms with Gasteiger partial charge in [0.15, 0.2) is 0 Å². The molecule has 1 aliphatic rings. The van der Waals surface area contributed by atoms with Crippen LogP contribution in [0.1, 0.15) is 19.8 Å². The molecule has 2 heterocycles. The topological polar surface area (TPSA) is 67.5 Å². The molecule has 1 unspecified atom stereocenters. The molecular formula is C13H23N5O. The molecule has 1 aromatic rings. The van der Waals surface area contributed by atoms with E-state index in [-0.39, 0.29) is 5.95 Å². The summed E-state index contributed by atoms with van der Waals surface area (Å²) in [7, 11) is 3.76. The lowest BCUT2D eigenvalue weighted by atomic mass is 10.2. The van der Waals surface area contributed by atoms with Crippen LogP contribution in [0.15, 0.2) is 6.07 Å². The highest BCUT2D eigenvalue weighted by atomic mass is 16.5. The largest absolute Gasteiger partial charge is 0.481 e. The Labute approximate surface area is 114 Å². The predicted molar refractivity (Wildman–Crippen MR) is 76.5 cm³/mol. The van der Waals surface area contributed by atoms with Crippen molar-refractivity contribution in [2.45, 2.75) is 25.8 Å². The van der Waals surface area contributed by atoms with Gasteiger partial charge in [-0.15, -0.1) is 0 Å². The van der Waals surface area contributed by atoms with Crippen LogP contribution in [0, 0.1) is 0 Å². The van der Waals surface area contributed by atoms with E-state index >= 15 is 0 Å². The predicted octanol–water partition coefficient (Wildman–Crippen LogP) is 0.988. The molecular weight excluding hydrogens is 242 g/mol. The van der Waals surface area contributed by atoms with E-state index in [1.807, 2.05) is 6.07 Å². The second kappa shape index (κ2) is 6.06. The van der Waals surface area contributed by atoms with Gasteiger partial charge in [-0.2, -0.15) is 9.97 Å². The Bertz CT molecular complexity index is 425. The minimum atomic E-state index is 0.266. The maximum atomic E-state index is 5.76. The van der Waals surface area contributed by atoms with Crippen LogP contribution in [0.5, 0.6) is 5.88 Å². The number of likely N-dealkylation sites (N-methyl/N-ethyl adjacent to an activating group) is 1. The number of rotatable bonds is 3. The van der Waals surface area contributed by atoms with Crippen molar-refractivity contribution in [1.29, 1.82) is 0 Å². The Morgan fingerprint density at radius 2 is 2.21 bits per heavy atom. The highest BCUT2D eigenvalue weighted by molar-refractivity contribution is 5.46. The molecule has 106 valence electrons. The molecule has 1 fully saturated rings. The van der Waals surface area contributed by atoms with Crippen LogP contribution in [0.25, 0.3) is 0 Å². The van der Waals surface area contributed by atoms with Gasteiger partial charge in [0.25, 0.3) is 0 Å². The van der Waals surface area contributed by atoms with Crippen molar-refractivity contribution in [2.75, 3.05) is 44.4 Å². The SMILES string of the molecule is CCC1CN(C)CCCN1c1cc(OC)nc(N)n1. The number of hydrogen-bond donors (Lipinski definition) is 1. The summed E-state index contributed by atoms with van der Waals surface area (Å²) in [4.78, 5) is 13.1. The van der Waals surface area contributed by atoms with Gasteiger partial charge in [-0.25, -0.2) is 0 Å². The van der Waals surface area contributed by atoms with Crippen LogP contribution in [0.4, 0.5) is 11.8 Å². The molecule has 0 radical (unpaired) electrons. The summed E-state index contributed by atoms with van der Waals surface area (Å²) in [6.45, 7) is 5.36. The van der Waals surface area contributed by atoms with E-state index in [4.69, 9.17) is 10.5 Å². The summed E-state index contributed by atoms with van der Waals surface area (Å²) in [5.74, 6) is 1.66. The Balaban J connectivity index is 2.29. The molecule has 6 nitrogen and oxygen atoms in total. The molecule has 0 bridgehead atoms. The quantitative estimate of drug-likeness (QED) is 0.879. The van der Waals surface area contributed by atoms with Crippen molar-refractivity contribution in [3.05, 3.63) is 6.07 Å². The standard InChI is InChI=1S/C13H23N5O/c1-4-10-9-17(2)6-5-7-18(10)11-8-12(19-3)16-13(14)15-11/h8,10H,4-7,9H2,1-3H3,(H2,14,15,16). The van der Waals surface area contributed by atoms with Gasteiger partial charge >= 0.3 is 0 Å². The maximum absolute atomic E-state index is 5.76. The van der Waals surface area contributed by atoms with Gasteiger partial charge in [0.05, 0.1) is 7.11 Å². The second-order valence-corrected chi connectivity index (χ2v) is 5.00. The zero-order chi connectivity index (χ0) is 13.8. The zero-order valence-electron chi connectivity index (χ0n) is 12.0. The van der Waals surface area contributed by atoms with Crippen molar-refractivity contribution < 1.29 is 4.74 Å². The Hall–Kier alpha value is -1.56. The number of aromatic nitrogens is 2. The highest BCUT2D eigenvalue weighted by Gasteiger charge is 2.23. The molecule has 1 aromatic heterocycles. The summed E-state index contributed by atoms with van der Waals surface area (Å²) < 4.78 is 5.18. The Morgan fingerprint density at radius 3 is 2.89 bits per heavy atom. The first-order chi connectivity index (χ1) is 9.13. The smallest absolute Gasteiger partial charge is 0.225 e. The molecule has 0 aromatic carbocycles. The minimum Gasteiger partial charge on any atom is -0.481 e. The lowest BCUT2D eigenvalue weighted by Gasteiger charge is -2.31. The fourth-order valence-electron chi connectivity index (χ4n) is 2.58. The van der Waals surface area contributed by atoms with Crippen molar-refractivity contribution in [3.63, 3.8) is 0 Å². The molecule has 1 atom stereocenters. The molecule has 0 spiro atoms. The van der Waals surface area contributed by atoms with Crippen molar-refractivity contribution in [1.82, 2.24) is 14.9 Å². The van der Waals surface area contributed by atoms with E-state index in [2.05, 4.69) is 33.7 Å². The first kappa shape index (κ1) is 13.9. The van der Waals surface area contributed by atoms with Crippen molar-refractivity contribution in [2.24, 2.45) is 0 Å². The molecule has 1 saturated heterocycles. The summed E-state index contributed by atoms with van der Waals surface area (Å²) >= 11 is 0. The average molecular weight is 265 g/mol. The van der Waals surface area contributed by atoms with Gasteiger partial charge in [0, 0.05) is 25.2 Å². The number of anilines is 2. The number of nitrogen functional groups attached to an aromatic ring is 1. The van der Waals surface area contributed by atoms with Gasteiger partial charge < -0.3 is 20.3 Å². The number of nitrogens with two attached hydrogens (primary N) is 1. The lowest BCUT2D eigenvalue weighted by molar-refractivity contribution is 0.327. The zero-order valence-corrected chi connectivity index (χ0v) is 12.0. The van der Waals surface area contributed by atoms with E-state index in [0.29, 0.717) is 11.9 Å². The molecule has 2 rings (SSSR count). The van der Waals surface area contributed by atoms with Crippen LogP contribution in [0.3, 0.4) is 0 Å². The van der Waals surface area contributed by atoms with Crippen LogP contribution in [0.2, 0.25) is 0 Å². The Kier molecular flexibility index (Phi) is 4.42. The van der Waals surface area contributed by atoms with Crippen LogP contribution < -0.4 is 15.4 Å².